The fourth-order valence-corrected chi connectivity index (χ4v) is 3.45. The van der Waals surface area contributed by atoms with Crippen molar-refractivity contribution < 1.29 is 14.3 Å². The number of benzene rings is 2. The summed E-state index contributed by atoms with van der Waals surface area (Å²) in [6.07, 6.45) is 0.628. The molecule has 0 spiro atoms. The van der Waals surface area contributed by atoms with E-state index in [2.05, 4.69) is 5.32 Å². The van der Waals surface area contributed by atoms with Crippen LogP contribution in [0.3, 0.4) is 0 Å². The van der Waals surface area contributed by atoms with Crippen LogP contribution in [0.15, 0.2) is 48.5 Å². The maximum Gasteiger partial charge on any atom is 0.243 e. The Morgan fingerprint density at radius 2 is 1.83 bits per heavy atom. The second kappa shape index (κ2) is 10.5. The van der Waals surface area contributed by atoms with E-state index in [0.29, 0.717) is 23.7 Å². The molecule has 0 aliphatic carbocycles. The Hall–Kier alpha value is -2.53. The van der Waals surface area contributed by atoms with Crippen molar-refractivity contribution >= 4 is 23.4 Å². The van der Waals surface area contributed by atoms with Crippen LogP contribution in [0, 0.1) is 0 Å². The summed E-state index contributed by atoms with van der Waals surface area (Å²) < 4.78 is 5.31. The zero-order chi connectivity index (χ0) is 22.3. The number of rotatable bonds is 8. The van der Waals surface area contributed by atoms with E-state index >= 15 is 0 Å². The minimum atomic E-state index is -0.592. The van der Waals surface area contributed by atoms with Gasteiger partial charge in [-0.1, -0.05) is 48.9 Å². The molecule has 1 atom stereocenters. The second-order valence-electron chi connectivity index (χ2n) is 8.30. The topological polar surface area (TPSA) is 58.6 Å². The van der Waals surface area contributed by atoms with Crippen molar-refractivity contribution in [2.75, 3.05) is 7.11 Å². The lowest BCUT2D eigenvalue weighted by atomic mass is 10.0. The van der Waals surface area contributed by atoms with E-state index in [0.717, 1.165) is 11.1 Å². The number of amides is 2. The highest BCUT2D eigenvalue weighted by Gasteiger charge is 2.30. The van der Waals surface area contributed by atoms with Crippen LogP contribution in [0.4, 0.5) is 0 Å². The molecule has 2 aromatic carbocycles. The Labute approximate surface area is 184 Å². The van der Waals surface area contributed by atoms with E-state index in [9.17, 15) is 9.59 Å². The smallest absolute Gasteiger partial charge is 0.243 e. The second-order valence-corrected chi connectivity index (χ2v) is 8.71. The van der Waals surface area contributed by atoms with E-state index < -0.39 is 11.6 Å². The van der Waals surface area contributed by atoms with E-state index in [-0.39, 0.29) is 18.2 Å². The first-order chi connectivity index (χ1) is 14.1. The minimum Gasteiger partial charge on any atom is -0.497 e. The van der Waals surface area contributed by atoms with Crippen molar-refractivity contribution in [2.24, 2.45) is 0 Å². The first-order valence-electron chi connectivity index (χ1n) is 10.1. The van der Waals surface area contributed by atoms with Gasteiger partial charge < -0.3 is 15.0 Å². The summed E-state index contributed by atoms with van der Waals surface area (Å²) in [5, 5.41) is 3.55. The van der Waals surface area contributed by atoms with Crippen molar-refractivity contribution in [3.63, 3.8) is 0 Å². The average Bonchev–Trinajstić information content (AvgIpc) is 2.68. The van der Waals surface area contributed by atoms with Crippen molar-refractivity contribution in [3.05, 3.63) is 64.7 Å². The van der Waals surface area contributed by atoms with E-state index in [1.165, 1.54) is 0 Å². The van der Waals surface area contributed by atoms with E-state index in [1.807, 2.05) is 70.2 Å². The third kappa shape index (κ3) is 6.77. The first kappa shape index (κ1) is 23.7. The summed E-state index contributed by atoms with van der Waals surface area (Å²) in [4.78, 5) is 28.0. The Balaban J connectivity index is 2.35. The predicted octanol–water partition coefficient (Wildman–Crippen LogP) is 4.61. The fraction of sp³-hybridized carbons (Fsp3) is 0.417. The van der Waals surface area contributed by atoms with Crippen molar-refractivity contribution in [1.29, 1.82) is 0 Å². The first-order valence-corrected chi connectivity index (χ1v) is 10.5. The molecular weight excluding hydrogens is 400 g/mol. The standard InChI is InChI=1S/C24H31ClN2O3/c1-6-21(23(29)26-24(2,3)4)27(16-17-10-9-12-19(14-17)30-5)22(28)15-18-11-7-8-13-20(18)25/h7-14,21H,6,15-16H2,1-5H3,(H,26,29)/t21-/m1/s1. The molecule has 0 radical (unpaired) electrons. The highest BCUT2D eigenvalue weighted by molar-refractivity contribution is 6.31. The molecule has 0 aliphatic rings. The SMILES string of the molecule is CC[C@H](C(=O)NC(C)(C)C)N(Cc1cccc(OC)c1)C(=O)Cc1ccccc1Cl. The molecule has 0 unspecified atom stereocenters. The van der Waals surface area contributed by atoms with Crippen LogP contribution < -0.4 is 10.1 Å². The number of hydrogen-bond acceptors (Lipinski definition) is 3. The molecule has 0 fully saturated rings. The van der Waals surface area contributed by atoms with Crippen LogP contribution in [0.1, 0.15) is 45.2 Å². The molecule has 0 saturated heterocycles. The average molecular weight is 431 g/mol. The van der Waals surface area contributed by atoms with Gasteiger partial charge in [-0.3, -0.25) is 9.59 Å². The number of ether oxygens (including phenoxy) is 1. The summed E-state index contributed by atoms with van der Waals surface area (Å²) in [5.41, 5.74) is 1.24. The lowest BCUT2D eigenvalue weighted by molar-refractivity contribution is -0.141. The molecule has 0 saturated carbocycles. The van der Waals surface area contributed by atoms with E-state index in [4.69, 9.17) is 16.3 Å². The van der Waals surface area contributed by atoms with Crippen LogP contribution in [0.2, 0.25) is 5.02 Å². The number of carbonyl (C=O) groups excluding carboxylic acids is 2. The zero-order valence-electron chi connectivity index (χ0n) is 18.4. The molecule has 1 N–H and O–H groups in total. The summed E-state index contributed by atoms with van der Waals surface area (Å²) in [7, 11) is 1.60. The number of nitrogens with one attached hydrogen (secondary N) is 1. The van der Waals surface area contributed by atoms with Crippen LogP contribution >= 0.6 is 11.6 Å². The quantitative estimate of drug-likeness (QED) is 0.665. The molecule has 0 bridgehead atoms. The number of carbonyl (C=O) groups is 2. The maximum atomic E-state index is 13.4. The Kier molecular flexibility index (Phi) is 8.30. The Bertz CT molecular complexity index is 877. The number of hydrogen-bond donors (Lipinski definition) is 1. The van der Waals surface area contributed by atoms with Crippen LogP contribution in [0.5, 0.6) is 5.75 Å². The summed E-state index contributed by atoms with van der Waals surface area (Å²) in [6, 6.07) is 14.2. The van der Waals surface area contributed by atoms with Gasteiger partial charge in [0.05, 0.1) is 13.5 Å². The van der Waals surface area contributed by atoms with Crippen LogP contribution in [-0.4, -0.2) is 35.4 Å². The van der Waals surface area contributed by atoms with Crippen LogP contribution in [0.25, 0.3) is 0 Å². The summed E-state index contributed by atoms with van der Waals surface area (Å²) in [5.74, 6) is 0.389. The third-order valence-electron chi connectivity index (χ3n) is 4.67. The number of methoxy groups -OCH3 is 1. The van der Waals surface area contributed by atoms with Crippen molar-refractivity contribution in [2.45, 2.75) is 58.7 Å². The molecule has 162 valence electrons. The maximum absolute atomic E-state index is 13.4. The molecule has 30 heavy (non-hydrogen) atoms. The van der Waals surface area contributed by atoms with Gasteiger partial charge >= 0.3 is 0 Å². The summed E-state index contributed by atoms with van der Waals surface area (Å²) in [6.45, 7) is 7.99. The van der Waals surface area contributed by atoms with Gasteiger partial charge in [0.25, 0.3) is 0 Å². The molecule has 0 aliphatic heterocycles. The van der Waals surface area contributed by atoms with E-state index in [1.54, 1.807) is 18.1 Å². The Morgan fingerprint density at radius 3 is 2.43 bits per heavy atom. The van der Waals surface area contributed by atoms with Gasteiger partial charge in [-0.15, -0.1) is 0 Å². The molecule has 0 aromatic heterocycles. The number of nitrogens with zero attached hydrogens (tertiary/aromatic N) is 1. The van der Waals surface area contributed by atoms with Gasteiger partial charge in [0, 0.05) is 17.1 Å². The number of halogens is 1. The van der Waals surface area contributed by atoms with Gasteiger partial charge in [0.1, 0.15) is 11.8 Å². The van der Waals surface area contributed by atoms with Crippen molar-refractivity contribution in [1.82, 2.24) is 10.2 Å². The third-order valence-corrected chi connectivity index (χ3v) is 5.04. The zero-order valence-corrected chi connectivity index (χ0v) is 19.1. The lowest BCUT2D eigenvalue weighted by Crippen LogP contribution is -2.53. The van der Waals surface area contributed by atoms with Crippen molar-refractivity contribution in [3.8, 4) is 5.75 Å². The lowest BCUT2D eigenvalue weighted by Gasteiger charge is -2.33. The van der Waals surface area contributed by atoms with Gasteiger partial charge in [0.2, 0.25) is 11.8 Å². The van der Waals surface area contributed by atoms with Gasteiger partial charge in [0.15, 0.2) is 0 Å². The van der Waals surface area contributed by atoms with Gasteiger partial charge in [-0.25, -0.2) is 0 Å². The molecule has 2 aromatic rings. The normalized spacial score (nSPS) is 12.2. The monoisotopic (exact) mass is 430 g/mol. The fourth-order valence-electron chi connectivity index (χ4n) is 3.25. The highest BCUT2D eigenvalue weighted by atomic mass is 35.5. The van der Waals surface area contributed by atoms with Gasteiger partial charge in [-0.05, 0) is 56.5 Å². The largest absolute Gasteiger partial charge is 0.497 e. The summed E-state index contributed by atoms with van der Waals surface area (Å²) >= 11 is 6.27. The predicted molar refractivity (Wildman–Crippen MR) is 121 cm³/mol. The molecule has 5 nitrogen and oxygen atoms in total. The van der Waals surface area contributed by atoms with Gasteiger partial charge in [-0.2, -0.15) is 0 Å². The van der Waals surface area contributed by atoms with Crippen LogP contribution in [-0.2, 0) is 22.6 Å². The highest BCUT2D eigenvalue weighted by Crippen LogP contribution is 2.21. The molecule has 0 heterocycles. The molecule has 6 heteroatoms. The molecule has 2 rings (SSSR count). The molecular formula is C24H31ClN2O3. The molecule has 2 amide bonds. The minimum absolute atomic E-state index is 0.128. The Morgan fingerprint density at radius 1 is 1.13 bits per heavy atom.